The molecule has 0 spiro atoms. The van der Waals surface area contributed by atoms with Crippen LogP contribution in [-0.2, 0) is 0 Å². The van der Waals surface area contributed by atoms with Gasteiger partial charge < -0.3 is 11.1 Å². The Hall–Kier alpha value is -0.600. The van der Waals surface area contributed by atoms with E-state index in [-0.39, 0.29) is 0 Å². The predicted octanol–water partition coefficient (Wildman–Crippen LogP) is 4.67. The van der Waals surface area contributed by atoms with Gasteiger partial charge in [0.1, 0.15) is 0 Å². The molecule has 3 rings (SSSR count). The molecule has 0 amide bonds. The minimum atomic E-state index is 0.309. The van der Waals surface area contributed by atoms with Crippen LogP contribution in [0.2, 0.25) is 0 Å². The molecule has 5 atom stereocenters. The summed E-state index contributed by atoms with van der Waals surface area (Å²) >= 11 is 0. The SMILES string of the molecule is C=C[C@@]1(C)CCC=C2[C@H]1CC[C@@H]1[C@](C)(CNCCN)CCC[C@@]21C. The molecule has 0 unspecified atom stereocenters. The summed E-state index contributed by atoms with van der Waals surface area (Å²) in [7, 11) is 0. The van der Waals surface area contributed by atoms with E-state index in [1.807, 2.05) is 0 Å². The van der Waals surface area contributed by atoms with E-state index in [0.29, 0.717) is 16.2 Å². The molecule has 0 saturated heterocycles. The molecule has 0 aromatic heterocycles. The lowest BCUT2D eigenvalue weighted by Gasteiger charge is -2.61. The zero-order valence-corrected chi connectivity index (χ0v) is 16.2. The fraction of sp³-hybridized carbons (Fsp3) is 0.818. The van der Waals surface area contributed by atoms with Gasteiger partial charge in [0.05, 0.1) is 0 Å². The van der Waals surface area contributed by atoms with E-state index in [9.17, 15) is 0 Å². The molecular weight excluding hydrogens is 292 g/mol. The molecule has 0 bridgehead atoms. The normalized spacial score (nSPS) is 45.1. The van der Waals surface area contributed by atoms with Crippen molar-refractivity contribution in [1.29, 1.82) is 0 Å². The van der Waals surface area contributed by atoms with Gasteiger partial charge in [-0.1, -0.05) is 44.9 Å². The van der Waals surface area contributed by atoms with E-state index in [4.69, 9.17) is 5.73 Å². The minimum Gasteiger partial charge on any atom is -0.329 e. The highest BCUT2D eigenvalue weighted by Gasteiger charge is 2.56. The van der Waals surface area contributed by atoms with Crippen LogP contribution in [0.15, 0.2) is 24.3 Å². The number of allylic oxidation sites excluding steroid dienone is 3. The molecule has 0 aliphatic heterocycles. The van der Waals surface area contributed by atoms with Crippen molar-refractivity contribution in [3.63, 3.8) is 0 Å². The van der Waals surface area contributed by atoms with E-state index in [2.05, 4.69) is 44.8 Å². The zero-order valence-electron chi connectivity index (χ0n) is 16.2. The van der Waals surface area contributed by atoms with E-state index in [1.165, 1.54) is 44.9 Å². The van der Waals surface area contributed by atoms with Gasteiger partial charge in [0, 0.05) is 19.6 Å². The molecule has 0 aromatic carbocycles. The summed E-state index contributed by atoms with van der Waals surface area (Å²) in [4.78, 5) is 0. The van der Waals surface area contributed by atoms with E-state index >= 15 is 0 Å². The van der Waals surface area contributed by atoms with Crippen LogP contribution in [0.3, 0.4) is 0 Å². The Morgan fingerprint density at radius 1 is 1.25 bits per heavy atom. The molecule has 2 saturated carbocycles. The van der Waals surface area contributed by atoms with Crippen molar-refractivity contribution in [2.24, 2.45) is 33.8 Å². The molecule has 3 N–H and O–H groups in total. The van der Waals surface area contributed by atoms with Gasteiger partial charge in [0.2, 0.25) is 0 Å². The maximum atomic E-state index is 5.70. The summed E-state index contributed by atoms with van der Waals surface area (Å²) in [6.07, 6.45) is 14.2. The van der Waals surface area contributed by atoms with Gasteiger partial charge in [-0.3, -0.25) is 0 Å². The lowest BCUT2D eigenvalue weighted by Crippen LogP contribution is -2.54. The molecule has 2 heteroatoms. The zero-order chi connectivity index (χ0) is 17.4. The first-order valence-electron chi connectivity index (χ1n) is 10.1. The average Bonchev–Trinajstić information content (AvgIpc) is 2.56. The Morgan fingerprint density at radius 2 is 2.04 bits per heavy atom. The second kappa shape index (κ2) is 6.61. The lowest BCUT2D eigenvalue weighted by atomic mass is 9.44. The summed E-state index contributed by atoms with van der Waals surface area (Å²) < 4.78 is 0. The quantitative estimate of drug-likeness (QED) is 0.568. The van der Waals surface area contributed by atoms with Crippen LogP contribution < -0.4 is 11.1 Å². The van der Waals surface area contributed by atoms with Gasteiger partial charge in [-0.05, 0) is 66.6 Å². The first-order chi connectivity index (χ1) is 11.4. The fourth-order valence-corrected chi connectivity index (χ4v) is 6.58. The Morgan fingerprint density at radius 3 is 2.75 bits per heavy atom. The van der Waals surface area contributed by atoms with Crippen LogP contribution in [0, 0.1) is 28.1 Å². The average molecular weight is 331 g/mol. The summed E-state index contributed by atoms with van der Waals surface area (Å²) in [6, 6.07) is 0. The Bertz CT molecular complexity index is 510. The van der Waals surface area contributed by atoms with Gasteiger partial charge in [-0.25, -0.2) is 0 Å². The second-order valence-electron chi connectivity index (χ2n) is 9.48. The smallest absolute Gasteiger partial charge is 0.00747 e. The number of nitrogens with one attached hydrogen (secondary N) is 1. The number of rotatable bonds is 5. The monoisotopic (exact) mass is 330 g/mol. The van der Waals surface area contributed by atoms with Crippen molar-refractivity contribution in [1.82, 2.24) is 5.32 Å². The van der Waals surface area contributed by atoms with Crippen molar-refractivity contribution in [2.75, 3.05) is 19.6 Å². The Balaban J connectivity index is 1.89. The number of nitrogens with two attached hydrogens (primary N) is 1. The van der Waals surface area contributed by atoms with Gasteiger partial charge in [-0.2, -0.15) is 0 Å². The number of hydrogen-bond acceptors (Lipinski definition) is 2. The summed E-state index contributed by atoms with van der Waals surface area (Å²) in [5, 5.41) is 3.63. The third-order valence-electron chi connectivity index (χ3n) is 7.99. The van der Waals surface area contributed by atoms with Crippen LogP contribution in [0.1, 0.15) is 65.7 Å². The highest BCUT2D eigenvalue weighted by molar-refractivity contribution is 5.30. The van der Waals surface area contributed by atoms with Gasteiger partial charge in [-0.15, -0.1) is 6.58 Å². The predicted molar refractivity (Wildman–Crippen MR) is 104 cm³/mol. The molecular formula is C22H38N2. The van der Waals surface area contributed by atoms with Crippen LogP contribution in [0.5, 0.6) is 0 Å². The molecule has 3 aliphatic carbocycles. The molecule has 2 nitrogen and oxygen atoms in total. The van der Waals surface area contributed by atoms with E-state index in [1.54, 1.807) is 5.57 Å². The molecule has 3 aliphatic rings. The minimum absolute atomic E-state index is 0.309. The highest BCUT2D eigenvalue weighted by atomic mass is 14.9. The fourth-order valence-electron chi connectivity index (χ4n) is 6.58. The van der Waals surface area contributed by atoms with E-state index in [0.717, 1.165) is 31.5 Å². The molecule has 136 valence electrons. The highest BCUT2D eigenvalue weighted by Crippen LogP contribution is 2.64. The van der Waals surface area contributed by atoms with Crippen molar-refractivity contribution in [3.8, 4) is 0 Å². The summed E-state index contributed by atoms with van der Waals surface area (Å²) in [5.41, 5.74) is 8.60. The van der Waals surface area contributed by atoms with Crippen molar-refractivity contribution in [2.45, 2.75) is 65.7 Å². The van der Waals surface area contributed by atoms with Crippen molar-refractivity contribution in [3.05, 3.63) is 24.3 Å². The summed E-state index contributed by atoms with van der Waals surface area (Å²) in [6.45, 7) is 14.6. The largest absolute Gasteiger partial charge is 0.329 e. The van der Waals surface area contributed by atoms with Crippen LogP contribution in [0.4, 0.5) is 0 Å². The lowest BCUT2D eigenvalue weighted by molar-refractivity contribution is -0.0338. The second-order valence-corrected chi connectivity index (χ2v) is 9.48. The van der Waals surface area contributed by atoms with Gasteiger partial charge in [0.15, 0.2) is 0 Å². The summed E-state index contributed by atoms with van der Waals surface area (Å²) in [5.74, 6) is 1.53. The third kappa shape index (κ3) is 2.80. The number of hydrogen-bond donors (Lipinski definition) is 2. The molecule has 0 heterocycles. The maximum Gasteiger partial charge on any atom is 0.00747 e. The van der Waals surface area contributed by atoms with Crippen molar-refractivity contribution < 1.29 is 0 Å². The van der Waals surface area contributed by atoms with Crippen LogP contribution in [-0.4, -0.2) is 19.6 Å². The first-order valence-corrected chi connectivity index (χ1v) is 10.1. The molecule has 0 radical (unpaired) electrons. The Kier molecular flexibility index (Phi) is 5.01. The van der Waals surface area contributed by atoms with E-state index < -0.39 is 0 Å². The molecule has 24 heavy (non-hydrogen) atoms. The first kappa shape index (κ1) is 18.2. The van der Waals surface area contributed by atoms with Gasteiger partial charge in [0.25, 0.3) is 0 Å². The van der Waals surface area contributed by atoms with Crippen LogP contribution in [0.25, 0.3) is 0 Å². The van der Waals surface area contributed by atoms with Gasteiger partial charge >= 0.3 is 0 Å². The standard InChI is InChI=1S/C22H38N2/c1-5-20(2)11-6-8-18-17(20)9-10-19-21(3,16-24-15-14-23)12-7-13-22(18,19)4/h5,8,17,19,24H,1,6-7,9-16,23H2,2-4H3/t17-,19-,20+,21+,22+/m1/s1. The number of fused-ring (bicyclic) bond motifs is 3. The van der Waals surface area contributed by atoms with Crippen molar-refractivity contribution >= 4 is 0 Å². The van der Waals surface area contributed by atoms with Crippen LogP contribution >= 0.6 is 0 Å². The topological polar surface area (TPSA) is 38.0 Å². The third-order valence-corrected chi connectivity index (χ3v) is 7.99. The Labute approximate surface area is 149 Å². The maximum absolute atomic E-state index is 5.70. The molecule has 2 fully saturated rings. The molecule has 0 aromatic rings.